The molecule has 0 atom stereocenters. The molecule has 5 nitrogen and oxygen atoms in total. The highest BCUT2D eigenvalue weighted by atomic mass is 16.2. The van der Waals surface area contributed by atoms with Gasteiger partial charge < -0.3 is 10.6 Å². The average molecular weight is 298 g/mol. The highest BCUT2D eigenvalue weighted by Crippen LogP contribution is 2.20. The Labute approximate surface area is 130 Å². The number of hydrogen-bond acceptors (Lipinski definition) is 3. The molecule has 116 valence electrons. The number of carbonyl (C=O) groups excluding carboxylic acids is 1. The second kappa shape index (κ2) is 6.32. The highest BCUT2D eigenvalue weighted by molar-refractivity contribution is 5.95. The largest absolute Gasteiger partial charge is 0.339 e. The molecule has 2 heterocycles. The second-order valence-electron chi connectivity index (χ2n) is 5.86. The molecule has 5 heteroatoms. The minimum atomic E-state index is 0.0788. The van der Waals surface area contributed by atoms with Gasteiger partial charge in [0.25, 0.3) is 5.91 Å². The molecule has 0 aliphatic carbocycles. The zero-order chi connectivity index (χ0) is 15.5. The number of benzene rings is 1. The number of nitrogens with zero attached hydrogens (tertiary/aromatic N) is 3. The fourth-order valence-corrected chi connectivity index (χ4v) is 2.99. The van der Waals surface area contributed by atoms with Crippen LogP contribution in [-0.4, -0.2) is 40.2 Å². The number of nitrogens with two attached hydrogens (primary N) is 1. The monoisotopic (exact) mass is 298 g/mol. The Morgan fingerprint density at radius 2 is 1.95 bits per heavy atom. The van der Waals surface area contributed by atoms with E-state index in [9.17, 15) is 4.79 Å². The van der Waals surface area contributed by atoms with Gasteiger partial charge in [-0.1, -0.05) is 18.2 Å². The summed E-state index contributed by atoms with van der Waals surface area (Å²) < 4.78 is 1.82. The molecule has 0 radical (unpaired) electrons. The molecule has 0 spiro atoms. The van der Waals surface area contributed by atoms with Crippen LogP contribution in [0, 0.1) is 12.8 Å². The number of likely N-dealkylation sites (tertiary alicyclic amines) is 1. The Morgan fingerprint density at radius 1 is 1.27 bits per heavy atom. The van der Waals surface area contributed by atoms with Gasteiger partial charge in [0.15, 0.2) is 0 Å². The van der Waals surface area contributed by atoms with Crippen molar-refractivity contribution in [1.82, 2.24) is 14.7 Å². The summed E-state index contributed by atoms with van der Waals surface area (Å²) in [6.07, 6.45) is 3.67. The smallest absolute Gasteiger partial charge is 0.257 e. The number of hydrogen-bond donors (Lipinski definition) is 1. The van der Waals surface area contributed by atoms with Gasteiger partial charge >= 0.3 is 0 Å². The SMILES string of the molecule is Cc1c(C(=O)N2CCC(CN)CC2)cnn1-c1ccccc1. The van der Waals surface area contributed by atoms with Crippen LogP contribution in [0.2, 0.25) is 0 Å². The number of rotatable bonds is 3. The molecule has 1 saturated heterocycles. The van der Waals surface area contributed by atoms with Crippen molar-refractivity contribution in [3.63, 3.8) is 0 Å². The molecule has 0 bridgehead atoms. The van der Waals surface area contributed by atoms with Crippen LogP contribution in [0.15, 0.2) is 36.5 Å². The third-order valence-electron chi connectivity index (χ3n) is 4.48. The number of para-hydroxylation sites is 1. The standard InChI is InChI=1S/C17H22N4O/c1-13-16(12-19-21(13)15-5-3-2-4-6-15)17(22)20-9-7-14(11-18)8-10-20/h2-6,12,14H,7-11,18H2,1H3. The van der Waals surface area contributed by atoms with Crippen LogP contribution in [0.1, 0.15) is 28.9 Å². The topological polar surface area (TPSA) is 64.2 Å². The summed E-state index contributed by atoms with van der Waals surface area (Å²) in [5, 5.41) is 4.38. The predicted octanol–water partition coefficient (Wildman–Crippen LogP) is 1.99. The van der Waals surface area contributed by atoms with Crippen molar-refractivity contribution >= 4 is 5.91 Å². The summed E-state index contributed by atoms with van der Waals surface area (Å²) in [7, 11) is 0. The van der Waals surface area contributed by atoms with Crippen molar-refractivity contribution in [3.8, 4) is 5.69 Å². The van der Waals surface area contributed by atoms with Crippen LogP contribution >= 0.6 is 0 Å². The van der Waals surface area contributed by atoms with Crippen LogP contribution in [0.4, 0.5) is 0 Å². The molecule has 0 saturated carbocycles. The lowest BCUT2D eigenvalue weighted by Crippen LogP contribution is -2.40. The Hall–Kier alpha value is -2.14. The molecule has 2 N–H and O–H groups in total. The summed E-state index contributed by atoms with van der Waals surface area (Å²) in [5.74, 6) is 0.632. The van der Waals surface area contributed by atoms with Crippen molar-refractivity contribution in [2.45, 2.75) is 19.8 Å². The summed E-state index contributed by atoms with van der Waals surface area (Å²) in [6.45, 7) is 4.24. The van der Waals surface area contributed by atoms with Crippen molar-refractivity contribution in [2.75, 3.05) is 19.6 Å². The second-order valence-corrected chi connectivity index (χ2v) is 5.86. The molecular weight excluding hydrogens is 276 g/mol. The number of piperidine rings is 1. The third kappa shape index (κ3) is 2.76. The summed E-state index contributed by atoms with van der Waals surface area (Å²) in [5.41, 5.74) is 8.26. The van der Waals surface area contributed by atoms with Crippen LogP contribution in [0.25, 0.3) is 5.69 Å². The first-order chi connectivity index (χ1) is 10.7. The lowest BCUT2D eigenvalue weighted by atomic mass is 9.96. The number of aromatic nitrogens is 2. The van der Waals surface area contributed by atoms with Crippen molar-refractivity contribution in [3.05, 3.63) is 47.8 Å². The molecule has 0 unspecified atom stereocenters. The molecule has 1 aromatic carbocycles. The van der Waals surface area contributed by atoms with E-state index in [0.29, 0.717) is 18.0 Å². The normalized spacial score (nSPS) is 16.0. The van der Waals surface area contributed by atoms with E-state index in [1.54, 1.807) is 6.20 Å². The quantitative estimate of drug-likeness (QED) is 0.942. The molecule has 3 rings (SSSR count). The van der Waals surface area contributed by atoms with Crippen molar-refractivity contribution < 1.29 is 4.79 Å². The zero-order valence-electron chi connectivity index (χ0n) is 12.9. The Bertz CT molecular complexity index is 642. The Balaban J connectivity index is 1.78. The summed E-state index contributed by atoms with van der Waals surface area (Å²) in [6, 6.07) is 9.88. The summed E-state index contributed by atoms with van der Waals surface area (Å²) in [4.78, 5) is 14.6. The molecule has 2 aromatic rings. The lowest BCUT2D eigenvalue weighted by molar-refractivity contribution is 0.0692. The van der Waals surface area contributed by atoms with Gasteiger partial charge in [-0.2, -0.15) is 5.10 Å². The van der Waals surface area contributed by atoms with Crippen molar-refractivity contribution in [1.29, 1.82) is 0 Å². The molecule has 1 aromatic heterocycles. The minimum absolute atomic E-state index is 0.0788. The maximum absolute atomic E-state index is 12.7. The van der Waals surface area contributed by atoms with E-state index in [0.717, 1.165) is 37.3 Å². The van der Waals surface area contributed by atoms with Crippen LogP contribution in [0.5, 0.6) is 0 Å². The first kappa shape index (κ1) is 14.8. The maximum Gasteiger partial charge on any atom is 0.257 e. The van der Waals surface area contributed by atoms with Gasteiger partial charge in [0, 0.05) is 13.1 Å². The average Bonchev–Trinajstić information content (AvgIpc) is 2.96. The van der Waals surface area contributed by atoms with Crippen LogP contribution < -0.4 is 5.73 Å². The van der Waals surface area contributed by atoms with Crippen molar-refractivity contribution in [2.24, 2.45) is 11.7 Å². The van der Waals surface area contributed by atoms with E-state index in [4.69, 9.17) is 5.73 Å². The van der Waals surface area contributed by atoms with Crippen LogP contribution in [0.3, 0.4) is 0 Å². The predicted molar refractivity (Wildman–Crippen MR) is 86.0 cm³/mol. The van der Waals surface area contributed by atoms with Gasteiger partial charge in [-0.3, -0.25) is 4.79 Å². The van der Waals surface area contributed by atoms with Gasteiger partial charge in [0.1, 0.15) is 0 Å². The molecule has 1 fully saturated rings. The number of carbonyl (C=O) groups is 1. The fourth-order valence-electron chi connectivity index (χ4n) is 2.99. The van der Waals surface area contributed by atoms with E-state index in [2.05, 4.69) is 5.10 Å². The summed E-state index contributed by atoms with van der Waals surface area (Å²) >= 11 is 0. The van der Waals surface area contributed by atoms with Gasteiger partial charge in [-0.25, -0.2) is 4.68 Å². The van der Waals surface area contributed by atoms with E-state index < -0.39 is 0 Å². The Kier molecular flexibility index (Phi) is 4.24. The number of amides is 1. The third-order valence-corrected chi connectivity index (χ3v) is 4.48. The van der Waals surface area contributed by atoms with Crippen LogP contribution in [-0.2, 0) is 0 Å². The van der Waals surface area contributed by atoms with Gasteiger partial charge in [-0.05, 0) is 44.4 Å². The lowest BCUT2D eigenvalue weighted by Gasteiger charge is -2.31. The zero-order valence-corrected chi connectivity index (χ0v) is 12.9. The van der Waals surface area contributed by atoms with E-state index in [-0.39, 0.29) is 5.91 Å². The minimum Gasteiger partial charge on any atom is -0.339 e. The van der Waals surface area contributed by atoms with E-state index in [1.165, 1.54) is 0 Å². The van der Waals surface area contributed by atoms with E-state index >= 15 is 0 Å². The molecule has 1 aliphatic rings. The molecule has 22 heavy (non-hydrogen) atoms. The van der Waals surface area contributed by atoms with Gasteiger partial charge in [0.05, 0.1) is 23.1 Å². The molecular formula is C17H22N4O. The Morgan fingerprint density at radius 3 is 2.59 bits per heavy atom. The molecule has 1 aliphatic heterocycles. The van der Waals surface area contributed by atoms with Gasteiger partial charge in [0.2, 0.25) is 0 Å². The maximum atomic E-state index is 12.7. The fraction of sp³-hybridized carbons (Fsp3) is 0.412. The van der Waals surface area contributed by atoms with E-state index in [1.807, 2.05) is 46.8 Å². The van der Waals surface area contributed by atoms with Gasteiger partial charge in [-0.15, -0.1) is 0 Å². The first-order valence-corrected chi connectivity index (χ1v) is 7.80. The first-order valence-electron chi connectivity index (χ1n) is 7.80. The highest BCUT2D eigenvalue weighted by Gasteiger charge is 2.25. The molecule has 1 amide bonds.